The van der Waals surface area contributed by atoms with Crippen LogP contribution in [0.3, 0.4) is 0 Å². The molecule has 4 atom stereocenters. The Kier molecular flexibility index (Phi) is 8.24. The minimum atomic E-state index is -0.653. The number of hydrogen-bond acceptors (Lipinski definition) is 2. The summed E-state index contributed by atoms with van der Waals surface area (Å²) in [5.74, 6) is 1.79. The van der Waals surface area contributed by atoms with E-state index in [1.807, 2.05) is 0 Å². The van der Waals surface area contributed by atoms with Gasteiger partial charge in [0.15, 0.2) is 0 Å². The van der Waals surface area contributed by atoms with E-state index in [1.165, 1.54) is 51.4 Å². The highest BCUT2D eigenvalue weighted by Gasteiger charge is 2.43. The van der Waals surface area contributed by atoms with Crippen LogP contribution < -0.4 is 4.74 Å². The van der Waals surface area contributed by atoms with Gasteiger partial charge in [-0.15, -0.1) is 6.58 Å². The van der Waals surface area contributed by atoms with Crippen LogP contribution in [0.4, 0.5) is 8.78 Å². The molecule has 3 aliphatic rings. The molecule has 2 nitrogen and oxygen atoms in total. The predicted molar refractivity (Wildman–Crippen MR) is 128 cm³/mol. The van der Waals surface area contributed by atoms with Crippen molar-refractivity contribution in [2.24, 2.45) is 35.5 Å². The smallest absolute Gasteiger partial charge is 0.314 e. The molecule has 0 heterocycles. The van der Waals surface area contributed by atoms with Crippen molar-refractivity contribution in [2.45, 2.75) is 90.4 Å². The maximum Gasteiger partial charge on any atom is 0.314 e. The van der Waals surface area contributed by atoms with E-state index < -0.39 is 11.6 Å². The Morgan fingerprint density at radius 1 is 1.00 bits per heavy atom. The SMILES string of the molecule is C=CCCc1c(F)cc(OC(=O)C2CCCC3CC(C4CCC(CC)CC4)CCC32)cc1F. The van der Waals surface area contributed by atoms with Gasteiger partial charge in [0.25, 0.3) is 0 Å². The minimum Gasteiger partial charge on any atom is -0.426 e. The summed E-state index contributed by atoms with van der Waals surface area (Å²) in [4.78, 5) is 13.1. The normalized spacial score (nSPS) is 32.1. The Morgan fingerprint density at radius 2 is 1.70 bits per heavy atom. The fourth-order valence-electron chi connectivity index (χ4n) is 7.10. The van der Waals surface area contributed by atoms with Crippen LogP contribution in [0.15, 0.2) is 24.8 Å². The van der Waals surface area contributed by atoms with Crippen molar-refractivity contribution in [3.8, 4) is 5.75 Å². The van der Waals surface area contributed by atoms with Crippen LogP contribution >= 0.6 is 0 Å². The first-order chi connectivity index (χ1) is 16.0. The molecule has 3 saturated carbocycles. The molecule has 4 heteroatoms. The fraction of sp³-hybridized carbons (Fsp3) is 0.690. The summed E-state index contributed by atoms with van der Waals surface area (Å²) < 4.78 is 34.3. The molecule has 0 bridgehead atoms. The van der Waals surface area contributed by atoms with Crippen molar-refractivity contribution in [3.05, 3.63) is 42.0 Å². The number of carbonyl (C=O) groups excluding carboxylic acids is 1. The molecule has 1 aromatic carbocycles. The molecule has 0 aromatic heterocycles. The van der Waals surface area contributed by atoms with Gasteiger partial charge in [0.05, 0.1) is 5.92 Å². The number of rotatable bonds is 7. The van der Waals surface area contributed by atoms with Crippen LogP contribution in [0, 0.1) is 47.1 Å². The number of hydrogen-bond donors (Lipinski definition) is 0. The van der Waals surface area contributed by atoms with Gasteiger partial charge < -0.3 is 4.74 Å². The topological polar surface area (TPSA) is 26.3 Å². The third-order valence-electron chi connectivity index (χ3n) is 9.06. The monoisotopic (exact) mass is 458 g/mol. The lowest BCUT2D eigenvalue weighted by atomic mass is 9.59. The van der Waals surface area contributed by atoms with Crippen LogP contribution in [0.1, 0.15) is 89.5 Å². The number of ether oxygens (including phenoxy) is 1. The Hall–Kier alpha value is -1.71. The van der Waals surface area contributed by atoms with Gasteiger partial charge in [0, 0.05) is 17.7 Å². The first-order valence-electron chi connectivity index (χ1n) is 13.3. The highest BCUT2D eigenvalue weighted by atomic mass is 19.1. The zero-order valence-corrected chi connectivity index (χ0v) is 20.2. The standard InChI is InChI=1S/C29H40F2O2/c1-3-5-8-26-27(30)17-23(18-28(26)31)33-29(32)25-9-6-7-22-16-21(14-15-24(22)25)20-12-10-19(4-2)11-13-20/h3,17-22,24-25H,1,4-16H2,2H3. The van der Waals surface area contributed by atoms with E-state index in [9.17, 15) is 13.6 Å². The highest BCUT2D eigenvalue weighted by molar-refractivity contribution is 5.75. The average Bonchev–Trinajstić information content (AvgIpc) is 2.83. The van der Waals surface area contributed by atoms with E-state index in [1.54, 1.807) is 6.08 Å². The third kappa shape index (κ3) is 5.69. The molecule has 1 aromatic rings. The molecule has 4 unspecified atom stereocenters. The fourth-order valence-corrected chi connectivity index (χ4v) is 7.10. The van der Waals surface area contributed by atoms with Gasteiger partial charge in [-0.3, -0.25) is 4.79 Å². The molecular formula is C29H40F2O2. The highest BCUT2D eigenvalue weighted by Crippen LogP contribution is 2.50. The second kappa shape index (κ2) is 11.1. The summed E-state index contributed by atoms with van der Waals surface area (Å²) in [7, 11) is 0. The maximum atomic E-state index is 14.4. The summed E-state index contributed by atoms with van der Waals surface area (Å²) in [6.45, 7) is 5.92. The van der Waals surface area contributed by atoms with E-state index in [0.717, 1.165) is 49.1 Å². The van der Waals surface area contributed by atoms with Crippen molar-refractivity contribution >= 4 is 5.97 Å². The van der Waals surface area contributed by atoms with Gasteiger partial charge in [0.1, 0.15) is 17.4 Å². The summed E-state index contributed by atoms with van der Waals surface area (Å²) in [5, 5.41) is 0. The Bertz CT molecular complexity index is 804. The summed E-state index contributed by atoms with van der Waals surface area (Å²) in [5.41, 5.74) is 0.0266. The molecule has 0 amide bonds. The van der Waals surface area contributed by atoms with Gasteiger partial charge >= 0.3 is 5.97 Å². The molecule has 0 N–H and O–H groups in total. The third-order valence-corrected chi connectivity index (χ3v) is 9.06. The molecule has 182 valence electrons. The molecule has 4 rings (SSSR count). The lowest BCUT2D eigenvalue weighted by Crippen LogP contribution is -2.40. The zero-order chi connectivity index (χ0) is 23.4. The van der Waals surface area contributed by atoms with Crippen LogP contribution in [0.2, 0.25) is 0 Å². The summed E-state index contributed by atoms with van der Waals surface area (Å²) in [6.07, 6.45) is 15.9. The molecule has 3 aliphatic carbocycles. The van der Waals surface area contributed by atoms with E-state index in [4.69, 9.17) is 4.74 Å². The number of allylic oxidation sites excluding steroid dienone is 1. The summed E-state index contributed by atoms with van der Waals surface area (Å²) in [6, 6.07) is 2.31. The second-order valence-corrected chi connectivity index (χ2v) is 10.8. The van der Waals surface area contributed by atoms with E-state index >= 15 is 0 Å². The number of benzene rings is 1. The van der Waals surface area contributed by atoms with Gasteiger partial charge in [-0.2, -0.15) is 0 Å². The predicted octanol–water partition coefficient (Wildman–Crippen LogP) is 8.04. The zero-order valence-electron chi connectivity index (χ0n) is 20.2. The first kappa shape index (κ1) is 24.4. The van der Waals surface area contributed by atoms with Gasteiger partial charge in [-0.1, -0.05) is 45.1 Å². The van der Waals surface area contributed by atoms with Crippen molar-refractivity contribution in [1.29, 1.82) is 0 Å². The molecule has 0 aliphatic heterocycles. The summed E-state index contributed by atoms with van der Waals surface area (Å²) >= 11 is 0. The van der Waals surface area contributed by atoms with E-state index in [2.05, 4.69) is 13.5 Å². The Labute approximate surface area is 198 Å². The largest absolute Gasteiger partial charge is 0.426 e. The molecule has 0 saturated heterocycles. The van der Waals surface area contributed by atoms with Crippen molar-refractivity contribution < 1.29 is 18.3 Å². The van der Waals surface area contributed by atoms with Crippen LogP contribution in [0.25, 0.3) is 0 Å². The average molecular weight is 459 g/mol. The Morgan fingerprint density at radius 3 is 2.36 bits per heavy atom. The van der Waals surface area contributed by atoms with Gasteiger partial charge in [0.2, 0.25) is 0 Å². The van der Waals surface area contributed by atoms with E-state index in [0.29, 0.717) is 18.3 Å². The van der Waals surface area contributed by atoms with Crippen molar-refractivity contribution in [1.82, 2.24) is 0 Å². The van der Waals surface area contributed by atoms with Gasteiger partial charge in [-0.25, -0.2) is 8.78 Å². The number of carbonyl (C=O) groups is 1. The lowest BCUT2D eigenvalue weighted by molar-refractivity contribution is -0.144. The molecular weight excluding hydrogens is 418 g/mol. The Balaban J connectivity index is 1.36. The van der Waals surface area contributed by atoms with E-state index in [-0.39, 0.29) is 29.6 Å². The maximum absolute atomic E-state index is 14.4. The molecule has 3 fully saturated rings. The second-order valence-electron chi connectivity index (χ2n) is 10.8. The van der Waals surface area contributed by atoms with Crippen LogP contribution in [-0.2, 0) is 11.2 Å². The minimum absolute atomic E-state index is 0.0131. The van der Waals surface area contributed by atoms with Crippen molar-refractivity contribution in [2.75, 3.05) is 0 Å². The lowest BCUT2D eigenvalue weighted by Gasteiger charge is -2.46. The number of fused-ring (bicyclic) bond motifs is 1. The number of halogens is 2. The van der Waals surface area contributed by atoms with Gasteiger partial charge in [-0.05, 0) is 81.0 Å². The molecule has 33 heavy (non-hydrogen) atoms. The molecule has 0 spiro atoms. The molecule has 0 radical (unpaired) electrons. The number of esters is 1. The van der Waals surface area contributed by atoms with Crippen molar-refractivity contribution in [3.63, 3.8) is 0 Å². The first-order valence-corrected chi connectivity index (χ1v) is 13.3. The van der Waals surface area contributed by atoms with Crippen LogP contribution in [0.5, 0.6) is 5.75 Å². The van der Waals surface area contributed by atoms with Crippen LogP contribution in [-0.4, -0.2) is 5.97 Å². The quantitative estimate of drug-likeness (QED) is 0.235.